The van der Waals surface area contributed by atoms with Crippen molar-refractivity contribution in [2.75, 3.05) is 12.4 Å². The Morgan fingerprint density at radius 2 is 1.70 bits per heavy atom. The van der Waals surface area contributed by atoms with E-state index >= 15 is 0 Å². The van der Waals surface area contributed by atoms with Crippen molar-refractivity contribution in [1.82, 2.24) is 0 Å². The van der Waals surface area contributed by atoms with Crippen molar-refractivity contribution in [3.8, 4) is 5.75 Å². The Morgan fingerprint density at radius 3 is 2.30 bits per heavy atom. The van der Waals surface area contributed by atoms with Crippen molar-refractivity contribution in [3.63, 3.8) is 0 Å². The summed E-state index contributed by atoms with van der Waals surface area (Å²) in [5, 5.41) is 4.33. The quantitative estimate of drug-likeness (QED) is 0.855. The first kappa shape index (κ1) is 14.7. The van der Waals surface area contributed by atoms with E-state index in [4.69, 9.17) is 16.3 Å². The third kappa shape index (κ3) is 3.07. The van der Waals surface area contributed by atoms with Crippen molar-refractivity contribution < 1.29 is 4.74 Å². The Balaban J connectivity index is 2.27. The fourth-order valence-electron chi connectivity index (χ4n) is 2.16. The number of anilines is 1. The molecule has 2 aromatic carbocycles. The predicted molar refractivity (Wildman–Crippen MR) is 85.8 cm³/mol. The summed E-state index contributed by atoms with van der Waals surface area (Å²) in [5.74, 6) is 0.864. The molecule has 20 heavy (non-hydrogen) atoms. The van der Waals surface area contributed by atoms with Crippen LogP contribution in [0.5, 0.6) is 5.75 Å². The van der Waals surface area contributed by atoms with Crippen LogP contribution in [-0.4, -0.2) is 7.11 Å². The lowest BCUT2D eigenvalue weighted by molar-refractivity contribution is 0.414. The maximum atomic E-state index is 6.17. The van der Waals surface area contributed by atoms with Crippen LogP contribution >= 0.6 is 11.6 Å². The second-order valence-corrected chi connectivity index (χ2v) is 5.80. The highest BCUT2D eigenvalue weighted by Crippen LogP contribution is 2.30. The Hall–Kier alpha value is -1.67. The van der Waals surface area contributed by atoms with Crippen LogP contribution in [-0.2, 0) is 5.54 Å². The average Bonchev–Trinajstić information content (AvgIpc) is 2.44. The molecule has 0 aliphatic rings. The van der Waals surface area contributed by atoms with Crippen molar-refractivity contribution in [1.29, 1.82) is 0 Å². The van der Waals surface area contributed by atoms with Gasteiger partial charge in [0.25, 0.3) is 0 Å². The van der Waals surface area contributed by atoms with E-state index in [1.54, 1.807) is 7.11 Å². The highest BCUT2D eigenvalue weighted by atomic mass is 35.5. The summed E-state index contributed by atoms with van der Waals surface area (Å²) >= 11 is 6.17. The van der Waals surface area contributed by atoms with Crippen molar-refractivity contribution >= 4 is 17.3 Å². The minimum Gasteiger partial charge on any atom is -0.497 e. The van der Waals surface area contributed by atoms with E-state index in [-0.39, 0.29) is 5.54 Å². The lowest BCUT2D eigenvalue weighted by Crippen LogP contribution is -2.28. The third-order valence-electron chi connectivity index (χ3n) is 3.53. The van der Waals surface area contributed by atoms with E-state index in [9.17, 15) is 0 Å². The number of rotatable bonds is 4. The lowest BCUT2D eigenvalue weighted by Gasteiger charge is -2.29. The minimum absolute atomic E-state index is 0.193. The first-order valence-electron chi connectivity index (χ1n) is 6.62. The van der Waals surface area contributed by atoms with Gasteiger partial charge in [-0.25, -0.2) is 0 Å². The molecule has 0 aliphatic heterocycles. The second-order valence-electron chi connectivity index (χ2n) is 5.39. The summed E-state index contributed by atoms with van der Waals surface area (Å²) in [5.41, 5.74) is 3.12. The molecule has 0 saturated heterocycles. The van der Waals surface area contributed by atoms with Gasteiger partial charge in [0.1, 0.15) is 5.75 Å². The summed E-state index contributed by atoms with van der Waals surface area (Å²) in [7, 11) is 1.67. The predicted octanol–water partition coefficient (Wildman–Crippen LogP) is 5.00. The molecule has 0 heterocycles. The van der Waals surface area contributed by atoms with Crippen LogP contribution in [0.1, 0.15) is 25.0 Å². The second kappa shape index (κ2) is 5.76. The highest BCUT2D eigenvalue weighted by Gasteiger charge is 2.21. The highest BCUT2D eigenvalue weighted by molar-refractivity contribution is 6.31. The normalized spacial score (nSPS) is 11.2. The average molecular weight is 290 g/mol. The summed E-state index contributed by atoms with van der Waals surface area (Å²) in [6.07, 6.45) is 0. The number of methoxy groups -OCH3 is 1. The SMILES string of the molecule is COc1ccc(C(C)(C)Nc2cccc(Cl)c2C)cc1. The molecule has 0 atom stereocenters. The van der Waals surface area contributed by atoms with Crippen LogP contribution < -0.4 is 10.1 Å². The molecule has 0 unspecified atom stereocenters. The van der Waals surface area contributed by atoms with Gasteiger partial charge in [-0.3, -0.25) is 0 Å². The zero-order chi connectivity index (χ0) is 14.8. The molecule has 2 rings (SSSR count). The molecule has 0 spiro atoms. The zero-order valence-electron chi connectivity index (χ0n) is 12.3. The summed E-state index contributed by atoms with van der Waals surface area (Å²) in [4.78, 5) is 0. The van der Waals surface area contributed by atoms with Gasteiger partial charge >= 0.3 is 0 Å². The molecule has 0 fully saturated rings. The van der Waals surface area contributed by atoms with Crippen LogP contribution in [0, 0.1) is 6.92 Å². The molecule has 3 heteroatoms. The van der Waals surface area contributed by atoms with Gasteiger partial charge in [0, 0.05) is 10.7 Å². The molecular formula is C17H20ClNO. The van der Waals surface area contributed by atoms with Crippen LogP contribution in [0.3, 0.4) is 0 Å². The van der Waals surface area contributed by atoms with Gasteiger partial charge in [0.05, 0.1) is 12.6 Å². The molecule has 2 nitrogen and oxygen atoms in total. The van der Waals surface area contributed by atoms with E-state index in [0.29, 0.717) is 0 Å². The molecule has 0 aliphatic carbocycles. The van der Waals surface area contributed by atoms with Gasteiger partial charge < -0.3 is 10.1 Å². The standard InChI is InChI=1S/C17H20ClNO/c1-12-15(18)6-5-7-16(12)19-17(2,3)13-8-10-14(20-4)11-9-13/h5-11,19H,1-4H3. The number of nitrogens with one attached hydrogen (secondary N) is 1. The molecule has 0 saturated carbocycles. The molecule has 0 bridgehead atoms. The van der Waals surface area contributed by atoms with Crippen LogP contribution in [0.2, 0.25) is 5.02 Å². The fourth-order valence-corrected chi connectivity index (χ4v) is 2.33. The van der Waals surface area contributed by atoms with Crippen LogP contribution in [0.25, 0.3) is 0 Å². The topological polar surface area (TPSA) is 21.3 Å². The van der Waals surface area contributed by atoms with Crippen LogP contribution in [0.15, 0.2) is 42.5 Å². The number of benzene rings is 2. The van der Waals surface area contributed by atoms with E-state index in [1.807, 2.05) is 37.3 Å². The minimum atomic E-state index is -0.193. The van der Waals surface area contributed by atoms with Crippen molar-refractivity contribution in [3.05, 3.63) is 58.6 Å². The Morgan fingerprint density at radius 1 is 1.05 bits per heavy atom. The summed E-state index contributed by atoms with van der Waals surface area (Å²) in [6, 6.07) is 14.0. The van der Waals surface area contributed by atoms with Gasteiger partial charge in [0.15, 0.2) is 0 Å². The summed E-state index contributed by atoms with van der Waals surface area (Å²) < 4.78 is 5.20. The van der Waals surface area contributed by atoms with Gasteiger partial charge in [-0.1, -0.05) is 29.8 Å². The van der Waals surface area contributed by atoms with E-state index < -0.39 is 0 Å². The van der Waals surface area contributed by atoms with E-state index in [0.717, 1.165) is 22.0 Å². The number of halogens is 1. The third-order valence-corrected chi connectivity index (χ3v) is 3.94. The number of hydrogen-bond acceptors (Lipinski definition) is 2. The molecule has 1 N–H and O–H groups in total. The number of hydrogen-bond donors (Lipinski definition) is 1. The van der Waals surface area contributed by atoms with Crippen molar-refractivity contribution in [2.45, 2.75) is 26.3 Å². The molecule has 0 amide bonds. The molecule has 0 radical (unpaired) electrons. The van der Waals surface area contributed by atoms with Gasteiger partial charge in [-0.05, 0) is 56.2 Å². The Bertz CT molecular complexity index is 590. The monoisotopic (exact) mass is 289 g/mol. The number of ether oxygens (including phenoxy) is 1. The molecule has 2 aromatic rings. The van der Waals surface area contributed by atoms with Crippen molar-refractivity contribution in [2.24, 2.45) is 0 Å². The summed E-state index contributed by atoms with van der Waals surface area (Å²) in [6.45, 7) is 6.32. The van der Waals surface area contributed by atoms with Gasteiger partial charge in [-0.2, -0.15) is 0 Å². The van der Waals surface area contributed by atoms with Crippen LogP contribution in [0.4, 0.5) is 5.69 Å². The Labute approximate surface area is 125 Å². The molecular weight excluding hydrogens is 270 g/mol. The maximum Gasteiger partial charge on any atom is 0.118 e. The largest absolute Gasteiger partial charge is 0.497 e. The fraction of sp³-hybridized carbons (Fsp3) is 0.294. The zero-order valence-corrected chi connectivity index (χ0v) is 13.1. The van der Waals surface area contributed by atoms with E-state index in [1.165, 1.54) is 5.56 Å². The lowest BCUT2D eigenvalue weighted by atomic mass is 9.93. The first-order valence-corrected chi connectivity index (χ1v) is 6.99. The first-order chi connectivity index (χ1) is 9.44. The van der Waals surface area contributed by atoms with Gasteiger partial charge in [-0.15, -0.1) is 0 Å². The molecule has 0 aromatic heterocycles. The molecule has 106 valence electrons. The van der Waals surface area contributed by atoms with E-state index in [2.05, 4.69) is 31.3 Å². The Kier molecular flexibility index (Phi) is 4.24. The maximum absolute atomic E-state index is 6.17. The smallest absolute Gasteiger partial charge is 0.118 e. The van der Waals surface area contributed by atoms with Gasteiger partial charge in [0.2, 0.25) is 0 Å².